The van der Waals surface area contributed by atoms with Crippen LogP contribution in [0.4, 0.5) is 0 Å². The summed E-state index contributed by atoms with van der Waals surface area (Å²) >= 11 is 5.44. The monoisotopic (exact) mass is 409 g/mol. The smallest absolute Gasteiger partial charge is 0.109 e. The molecule has 0 saturated carbocycles. The molecule has 6 heteroatoms. The standard InChI is InChI=1S/C11H13BrIN3O/c1-2-16-11(12)8(5-14)10(17)7-3-4-15-6-9(7)13/h3-6,10,14,16-17H,2H2,1H3/b11-8+,14-5?. The van der Waals surface area contributed by atoms with Gasteiger partial charge in [0, 0.05) is 39.9 Å². The quantitative estimate of drug-likeness (QED) is 0.397. The molecule has 4 nitrogen and oxygen atoms in total. The Balaban J connectivity index is 3.10. The first-order valence-electron chi connectivity index (χ1n) is 5.03. The van der Waals surface area contributed by atoms with E-state index < -0.39 is 6.10 Å². The van der Waals surface area contributed by atoms with E-state index in [1.54, 1.807) is 18.5 Å². The zero-order chi connectivity index (χ0) is 12.8. The minimum absolute atomic E-state index is 0.496. The molecule has 17 heavy (non-hydrogen) atoms. The van der Waals surface area contributed by atoms with E-state index in [0.29, 0.717) is 10.2 Å². The maximum atomic E-state index is 10.2. The van der Waals surface area contributed by atoms with E-state index in [4.69, 9.17) is 5.41 Å². The average molecular weight is 410 g/mol. The summed E-state index contributed by atoms with van der Waals surface area (Å²) in [5, 5.41) is 20.7. The Hall–Kier alpha value is -0.470. The van der Waals surface area contributed by atoms with Crippen LogP contribution in [0.15, 0.2) is 28.6 Å². The van der Waals surface area contributed by atoms with Gasteiger partial charge in [0.2, 0.25) is 0 Å². The number of aliphatic hydroxyl groups is 1. The lowest BCUT2D eigenvalue weighted by molar-refractivity contribution is 0.220. The number of hydrogen-bond donors (Lipinski definition) is 3. The zero-order valence-corrected chi connectivity index (χ0v) is 13.0. The molecule has 1 heterocycles. The van der Waals surface area contributed by atoms with Gasteiger partial charge in [0.15, 0.2) is 0 Å². The zero-order valence-electron chi connectivity index (χ0n) is 9.24. The van der Waals surface area contributed by atoms with E-state index in [9.17, 15) is 5.11 Å². The van der Waals surface area contributed by atoms with Gasteiger partial charge in [0.25, 0.3) is 0 Å². The first kappa shape index (κ1) is 14.6. The molecular formula is C11H13BrIN3O. The van der Waals surface area contributed by atoms with Crippen LogP contribution in [0.5, 0.6) is 0 Å². The van der Waals surface area contributed by atoms with Gasteiger partial charge in [-0.2, -0.15) is 0 Å². The predicted octanol–water partition coefficient (Wildman–Crippen LogP) is 2.59. The van der Waals surface area contributed by atoms with E-state index in [0.717, 1.165) is 21.9 Å². The highest BCUT2D eigenvalue weighted by Gasteiger charge is 2.17. The highest BCUT2D eigenvalue weighted by Crippen LogP contribution is 2.27. The lowest BCUT2D eigenvalue weighted by Gasteiger charge is -2.15. The summed E-state index contributed by atoms with van der Waals surface area (Å²) in [7, 11) is 0. The number of aromatic nitrogens is 1. The van der Waals surface area contributed by atoms with Gasteiger partial charge in [-0.05, 0) is 51.5 Å². The molecule has 1 aromatic rings. The Labute approximate surface area is 122 Å². The average Bonchev–Trinajstić information content (AvgIpc) is 2.30. The van der Waals surface area contributed by atoms with Crippen molar-refractivity contribution in [2.75, 3.05) is 6.54 Å². The molecule has 1 aromatic heterocycles. The Morgan fingerprint density at radius 3 is 3.00 bits per heavy atom. The van der Waals surface area contributed by atoms with Gasteiger partial charge in [0.05, 0.1) is 4.61 Å². The number of nitrogens with one attached hydrogen (secondary N) is 2. The van der Waals surface area contributed by atoms with Gasteiger partial charge < -0.3 is 15.8 Å². The summed E-state index contributed by atoms with van der Waals surface area (Å²) in [5.41, 5.74) is 1.24. The lowest BCUT2D eigenvalue weighted by atomic mass is 10.0. The lowest BCUT2D eigenvalue weighted by Crippen LogP contribution is -2.15. The molecule has 0 radical (unpaired) electrons. The van der Waals surface area contributed by atoms with Crippen molar-refractivity contribution in [2.24, 2.45) is 0 Å². The summed E-state index contributed by atoms with van der Waals surface area (Å²) in [6.45, 7) is 2.67. The van der Waals surface area contributed by atoms with Crippen LogP contribution in [-0.2, 0) is 0 Å². The maximum Gasteiger partial charge on any atom is 0.109 e. The summed E-state index contributed by atoms with van der Waals surface area (Å²) in [4.78, 5) is 3.97. The molecule has 3 N–H and O–H groups in total. The Bertz CT molecular complexity index is 436. The van der Waals surface area contributed by atoms with Crippen LogP contribution in [0.2, 0.25) is 0 Å². The highest BCUT2D eigenvalue weighted by molar-refractivity contribution is 14.1. The van der Waals surface area contributed by atoms with Crippen molar-refractivity contribution < 1.29 is 5.11 Å². The van der Waals surface area contributed by atoms with E-state index in [1.165, 1.54) is 0 Å². The molecule has 0 fully saturated rings. The minimum atomic E-state index is -0.837. The van der Waals surface area contributed by atoms with Gasteiger partial charge in [-0.15, -0.1) is 0 Å². The van der Waals surface area contributed by atoms with E-state index in [-0.39, 0.29) is 0 Å². The van der Waals surface area contributed by atoms with Crippen LogP contribution in [0.25, 0.3) is 0 Å². The molecular weight excluding hydrogens is 397 g/mol. The number of nitrogens with zero attached hydrogens (tertiary/aromatic N) is 1. The van der Waals surface area contributed by atoms with E-state index in [1.807, 2.05) is 6.92 Å². The fourth-order valence-corrected chi connectivity index (χ4v) is 2.54. The first-order valence-corrected chi connectivity index (χ1v) is 6.90. The SMILES string of the molecule is CCN/C(Br)=C(\C=N)C(O)c1ccncc1I. The molecule has 0 spiro atoms. The number of halogens is 2. The van der Waals surface area contributed by atoms with Crippen LogP contribution >= 0.6 is 38.5 Å². The predicted molar refractivity (Wildman–Crippen MR) is 80.3 cm³/mol. The summed E-state index contributed by atoms with van der Waals surface area (Å²) < 4.78 is 1.50. The Morgan fingerprint density at radius 1 is 1.76 bits per heavy atom. The van der Waals surface area contributed by atoms with E-state index >= 15 is 0 Å². The van der Waals surface area contributed by atoms with Crippen molar-refractivity contribution in [3.63, 3.8) is 0 Å². The van der Waals surface area contributed by atoms with Crippen molar-refractivity contribution in [1.29, 1.82) is 5.41 Å². The van der Waals surface area contributed by atoms with Crippen LogP contribution in [0, 0.1) is 8.98 Å². The molecule has 1 rings (SSSR count). The highest BCUT2D eigenvalue weighted by atomic mass is 127. The van der Waals surface area contributed by atoms with Crippen molar-refractivity contribution in [1.82, 2.24) is 10.3 Å². The second-order valence-electron chi connectivity index (χ2n) is 3.24. The molecule has 0 aliphatic rings. The van der Waals surface area contributed by atoms with Gasteiger partial charge in [-0.1, -0.05) is 0 Å². The number of pyridine rings is 1. The third-order valence-electron chi connectivity index (χ3n) is 2.13. The van der Waals surface area contributed by atoms with E-state index in [2.05, 4.69) is 48.8 Å². The van der Waals surface area contributed by atoms with Crippen LogP contribution in [0.3, 0.4) is 0 Å². The fraction of sp³-hybridized carbons (Fsp3) is 0.273. The topological polar surface area (TPSA) is 69.0 Å². The largest absolute Gasteiger partial charge is 0.383 e. The maximum absolute atomic E-state index is 10.2. The molecule has 0 saturated heterocycles. The third-order valence-corrected chi connectivity index (χ3v) is 3.77. The van der Waals surface area contributed by atoms with Crippen LogP contribution in [0.1, 0.15) is 18.6 Å². The number of hydrogen-bond acceptors (Lipinski definition) is 4. The van der Waals surface area contributed by atoms with Crippen molar-refractivity contribution in [3.8, 4) is 0 Å². The third kappa shape index (κ3) is 3.75. The molecule has 0 aromatic carbocycles. The molecule has 92 valence electrons. The van der Waals surface area contributed by atoms with Crippen molar-refractivity contribution >= 4 is 44.7 Å². The van der Waals surface area contributed by atoms with Crippen LogP contribution in [-0.4, -0.2) is 22.8 Å². The molecule has 0 amide bonds. The molecule has 1 unspecified atom stereocenters. The fourth-order valence-electron chi connectivity index (χ4n) is 1.29. The molecule has 0 bridgehead atoms. The second-order valence-corrected chi connectivity index (χ2v) is 5.20. The van der Waals surface area contributed by atoms with Crippen molar-refractivity contribution in [3.05, 3.63) is 37.8 Å². The van der Waals surface area contributed by atoms with Gasteiger partial charge >= 0.3 is 0 Å². The second kappa shape index (κ2) is 7.07. The Morgan fingerprint density at radius 2 is 2.47 bits per heavy atom. The van der Waals surface area contributed by atoms with Crippen molar-refractivity contribution in [2.45, 2.75) is 13.0 Å². The number of rotatable bonds is 5. The van der Waals surface area contributed by atoms with Gasteiger partial charge in [-0.3, -0.25) is 4.98 Å². The van der Waals surface area contributed by atoms with Gasteiger partial charge in [-0.25, -0.2) is 0 Å². The number of aliphatic hydroxyl groups excluding tert-OH is 1. The molecule has 0 aliphatic carbocycles. The Kier molecular flexibility index (Phi) is 6.07. The van der Waals surface area contributed by atoms with Gasteiger partial charge in [0.1, 0.15) is 6.10 Å². The summed E-state index contributed by atoms with van der Waals surface area (Å²) in [5.74, 6) is 0. The molecule has 0 aliphatic heterocycles. The summed E-state index contributed by atoms with van der Waals surface area (Å²) in [6.07, 6.45) is 3.62. The summed E-state index contributed by atoms with van der Waals surface area (Å²) in [6, 6.07) is 1.75. The van der Waals surface area contributed by atoms with Crippen LogP contribution < -0.4 is 5.32 Å². The first-order chi connectivity index (χ1) is 8.11. The minimum Gasteiger partial charge on any atom is -0.383 e. The normalized spacial score (nSPS) is 13.9. The molecule has 1 atom stereocenters.